The van der Waals surface area contributed by atoms with Gasteiger partial charge >= 0.3 is 0 Å². The van der Waals surface area contributed by atoms with Gasteiger partial charge in [0, 0.05) is 4.47 Å². The maximum absolute atomic E-state index is 14.1. The minimum Gasteiger partial charge on any atom is -0.394 e. The quantitative estimate of drug-likeness (QED) is 0.785. The van der Waals surface area contributed by atoms with E-state index in [1.807, 2.05) is 13.8 Å². The summed E-state index contributed by atoms with van der Waals surface area (Å²) in [6, 6.07) is 4.33. The third-order valence-corrected chi connectivity index (χ3v) is 4.73. The Morgan fingerprint density at radius 1 is 1.50 bits per heavy atom. The number of nitrogens with one attached hydrogen (secondary N) is 1. The lowest BCUT2D eigenvalue weighted by Gasteiger charge is -2.22. The van der Waals surface area contributed by atoms with Crippen molar-refractivity contribution in [1.82, 2.24) is 15.1 Å². The summed E-state index contributed by atoms with van der Waals surface area (Å²) in [7, 11) is 0. The van der Waals surface area contributed by atoms with E-state index >= 15 is 0 Å². The first-order chi connectivity index (χ1) is 11.4. The van der Waals surface area contributed by atoms with Crippen molar-refractivity contribution in [3.63, 3.8) is 0 Å². The van der Waals surface area contributed by atoms with Crippen LogP contribution in [-0.4, -0.2) is 33.4 Å². The molecule has 7 heteroatoms. The molecule has 130 valence electrons. The summed E-state index contributed by atoms with van der Waals surface area (Å²) in [6.07, 6.45) is 2.26. The van der Waals surface area contributed by atoms with Gasteiger partial charge in [0.2, 0.25) is 0 Å². The van der Waals surface area contributed by atoms with E-state index in [1.54, 1.807) is 19.1 Å². The Morgan fingerprint density at radius 2 is 2.21 bits per heavy atom. The number of benzene rings is 1. The van der Waals surface area contributed by atoms with Gasteiger partial charge in [-0.1, -0.05) is 36.2 Å². The highest BCUT2D eigenvalue weighted by atomic mass is 79.9. The molecule has 0 fully saturated rings. The molecule has 0 aliphatic heterocycles. The van der Waals surface area contributed by atoms with Gasteiger partial charge in [0.1, 0.15) is 11.5 Å². The number of carbonyl (C=O) groups is 1. The molecule has 0 radical (unpaired) electrons. The summed E-state index contributed by atoms with van der Waals surface area (Å²) >= 11 is 3.21. The highest BCUT2D eigenvalue weighted by Gasteiger charge is 2.22. The average Bonchev–Trinajstić information content (AvgIpc) is 2.93. The van der Waals surface area contributed by atoms with Crippen molar-refractivity contribution in [2.24, 2.45) is 5.92 Å². The normalized spacial score (nSPS) is 13.6. The number of rotatable bonds is 6. The van der Waals surface area contributed by atoms with Crippen molar-refractivity contribution < 1.29 is 14.3 Å². The molecule has 0 saturated carbocycles. The maximum atomic E-state index is 14.1. The van der Waals surface area contributed by atoms with Crippen molar-refractivity contribution in [3.05, 3.63) is 45.9 Å². The zero-order valence-electron chi connectivity index (χ0n) is 13.9. The summed E-state index contributed by atoms with van der Waals surface area (Å²) in [5.74, 6) is -0.607. The van der Waals surface area contributed by atoms with E-state index < -0.39 is 5.82 Å². The minimum atomic E-state index is -0.435. The van der Waals surface area contributed by atoms with Crippen LogP contribution >= 0.6 is 15.9 Å². The molecule has 0 aliphatic carbocycles. The van der Waals surface area contributed by atoms with Gasteiger partial charge in [0.15, 0.2) is 0 Å². The number of aromatic nitrogens is 2. The van der Waals surface area contributed by atoms with Crippen LogP contribution < -0.4 is 5.32 Å². The predicted molar refractivity (Wildman–Crippen MR) is 93.8 cm³/mol. The fourth-order valence-corrected chi connectivity index (χ4v) is 2.76. The number of hydrogen-bond acceptors (Lipinski definition) is 3. The van der Waals surface area contributed by atoms with Gasteiger partial charge in [0.05, 0.1) is 30.1 Å². The number of nitrogens with zero attached hydrogens (tertiary/aromatic N) is 2. The van der Waals surface area contributed by atoms with Crippen LogP contribution in [0, 0.1) is 18.7 Å². The van der Waals surface area contributed by atoms with Gasteiger partial charge in [-0.05, 0) is 31.0 Å². The van der Waals surface area contributed by atoms with Gasteiger partial charge in [-0.15, -0.1) is 0 Å². The van der Waals surface area contributed by atoms with Crippen molar-refractivity contribution in [3.8, 4) is 5.69 Å². The molecule has 1 amide bonds. The summed E-state index contributed by atoms with van der Waals surface area (Å²) < 4.78 is 16.1. The molecule has 2 atom stereocenters. The fraction of sp³-hybridized carbons (Fsp3) is 0.412. The summed E-state index contributed by atoms with van der Waals surface area (Å²) in [4.78, 5) is 12.5. The summed E-state index contributed by atoms with van der Waals surface area (Å²) in [5, 5.41) is 16.4. The lowest BCUT2D eigenvalue weighted by Crippen LogP contribution is -2.42. The Labute approximate surface area is 149 Å². The van der Waals surface area contributed by atoms with E-state index in [4.69, 9.17) is 0 Å². The Balaban J connectivity index is 2.27. The molecule has 24 heavy (non-hydrogen) atoms. The smallest absolute Gasteiger partial charge is 0.255 e. The molecular weight excluding hydrogens is 377 g/mol. The van der Waals surface area contributed by atoms with Crippen LogP contribution in [0.3, 0.4) is 0 Å². The summed E-state index contributed by atoms with van der Waals surface area (Å²) in [5.41, 5.74) is 1.17. The van der Waals surface area contributed by atoms with Crippen LogP contribution in [0.1, 0.15) is 36.3 Å². The number of hydrogen-bond donors (Lipinski definition) is 2. The topological polar surface area (TPSA) is 67.2 Å². The Kier molecular flexibility index (Phi) is 6.12. The van der Waals surface area contributed by atoms with Crippen molar-refractivity contribution in [2.75, 3.05) is 6.61 Å². The van der Waals surface area contributed by atoms with Crippen LogP contribution in [0.25, 0.3) is 5.69 Å². The molecule has 1 aromatic heterocycles. The molecule has 0 bridgehead atoms. The average molecular weight is 398 g/mol. The van der Waals surface area contributed by atoms with Crippen LogP contribution in [0.4, 0.5) is 4.39 Å². The van der Waals surface area contributed by atoms with Gasteiger partial charge in [0.25, 0.3) is 5.91 Å². The number of amides is 1. The molecule has 1 heterocycles. The fourth-order valence-electron chi connectivity index (χ4n) is 2.43. The van der Waals surface area contributed by atoms with E-state index in [-0.39, 0.29) is 30.2 Å². The zero-order valence-corrected chi connectivity index (χ0v) is 15.5. The second kappa shape index (κ2) is 7.90. The van der Waals surface area contributed by atoms with E-state index in [1.165, 1.54) is 16.9 Å². The molecule has 1 aromatic carbocycles. The van der Waals surface area contributed by atoms with E-state index in [0.717, 1.165) is 6.42 Å². The van der Waals surface area contributed by atoms with Crippen molar-refractivity contribution in [1.29, 1.82) is 0 Å². The second-order valence-electron chi connectivity index (χ2n) is 5.80. The summed E-state index contributed by atoms with van der Waals surface area (Å²) in [6.45, 7) is 5.55. The predicted octanol–water partition coefficient (Wildman–Crippen LogP) is 3.22. The molecule has 2 N–H and O–H groups in total. The molecule has 0 aliphatic rings. The first-order valence-corrected chi connectivity index (χ1v) is 8.60. The van der Waals surface area contributed by atoms with Crippen LogP contribution in [0.15, 0.2) is 28.9 Å². The maximum Gasteiger partial charge on any atom is 0.255 e. The monoisotopic (exact) mass is 397 g/mol. The zero-order chi connectivity index (χ0) is 17.9. The van der Waals surface area contributed by atoms with Gasteiger partial charge in [-0.3, -0.25) is 4.79 Å². The second-order valence-corrected chi connectivity index (χ2v) is 6.71. The van der Waals surface area contributed by atoms with Gasteiger partial charge in [-0.25, -0.2) is 9.07 Å². The first kappa shape index (κ1) is 18.6. The highest BCUT2D eigenvalue weighted by molar-refractivity contribution is 9.10. The van der Waals surface area contributed by atoms with Crippen molar-refractivity contribution >= 4 is 21.8 Å². The van der Waals surface area contributed by atoms with Crippen molar-refractivity contribution in [2.45, 2.75) is 33.2 Å². The standard InChI is InChI=1S/C17H21BrFN3O2/c1-4-10(2)15(9-23)21-17(24)13-8-20-22(11(13)3)16-6-5-12(18)7-14(16)19/h5-8,10,15,23H,4,9H2,1-3H3,(H,21,24)/t10-,15-/m0/s1. The molecular formula is C17H21BrFN3O2. The first-order valence-electron chi connectivity index (χ1n) is 7.80. The third kappa shape index (κ3) is 3.84. The SMILES string of the molecule is CC[C@H](C)[C@H](CO)NC(=O)c1cnn(-c2ccc(Br)cc2F)c1C. The van der Waals surface area contributed by atoms with E-state index in [0.29, 0.717) is 15.7 Å². The molecule has 0 unspecified atom stereocenters. The van der Waals surface area contributed by atoms with E-state index in [2.05, 4.69) is 26.3 Å². The number of carbonyl (C=O) groups excluding carboxylic acids is 1. The Bertz CT molecular complexity index is 733. The molecule has 0 saturated heterocycles. The molecule has 5 nitrogen and oxygen atoms in total. The van der Waals surface area contributed by atoms with Crippen LogP contribution in [-0.2, 0) is 0 Å². The van der Waals surface area contributed by atoms with Crippen LogP contribution in [0.2, 0.25) is 0 Å². The number of aliphatic hydroxyl groups excluding tert-OH is 1. The molecule has 0 spiro atoms. The lowest BCUT2D eigenvalue weighted by atomic mass is 9.99. The Hall–Kier alpha value is -1.73. The molecule has 2 rings (SSSR count). The largest absolute Gasteiger partial charge is 0.394 e. The van der Waals surface area contributed by atoms with Gasteiger partial charge in [-0.2, -0.15) is 5.10 Å². The minimum absolute atomic E-state index is 0.130. The third-order valence-electron chi connectivity index (χ3n) is 4.24. The van der Waals surface area contributed by atoms with Gasteiger partial charge < -0.3 is 10.4 Å². The lowest BCUT2D eigenvalue weighted by molar-refractivity contribution is 0.0890. The van der Waals surface area contributed by atoms with E-state index in [9.17, 15) is 14.3 Å². The van der Waals surface area contributed by atoms with Crippen LogP contribution in [0.5, 0.6) is 0 Å². The highest BCUT2D eigenvalue weighted by Crippen LogP contribution is 2.21. The Morgan fingerprint density at radius 3 is 2.79 bits per heavy atom. The molecule has 2 aromatic rings. The number of aliphatic hydroxyl groups is 1. The number of halogens is 2.